The molecule has 2 amide bonds. The van der Waals surface area contributed by atoms with Gasteiger partial charge < -0.3 is 24.6 Å². The monoisotopic (exact) mass is 452 g/mol. The van der Waals surface area contributed by atoms with Crippen molar-refractivity contribution >= 4 is 49.9 Å². The number of methoxy groups -OCH3 is 1. The Morgan fingerprint density at radius 2 is 2.06 bits per heavy atom. The van der Waals surface area contributed by atoms with Crippen molar-refractivity contribution in [2.24, 2.45) is 5.92 Å². The van der Waals surface area contributed by atoms with Crippen LogP contribution in [0.3, 0.4) is 0 Å². The zero-order valence-corrected chi connectivity index (χ0v) is 18.6. The SMILES string of the molecule is COc1cccc(N2CC(C(=O)Nc3ccc4nc(N5CCOCC5)sc4c3)CC2=O)c1. The van der Waals surface area contributed by atoms with Crippen LogP contribution in [0.5, 0.6) is 5.75 Å². The van der Waals surface area contributed by atoms with E-state index in [-0.39, 0.29) is 18.2 Å². The van der Waals surface area contributed by atoms with E-state index in [0.717, 1.165) is 34.1 Å². The second kappa shape index (κ2) is 8.76. The van der Waals surface area contributed by atoms with E-state index in [1.165, 1.54) is 0 Å². The topological polar surface area (TPSA) is 84.0 Å². The summed E-state index contributed by atoms with van der Waals surface area (Å²) in [7, 11) is 1.59. The lowest BCUT2D eigenvalue weighted by Crippen LogP contribution is -2.36. The molecule has 1 atom stereocenters. The maximum Gasteiger partial charge on any atom is 0.229 e. The van der Waals surface area contributed by atoms with E-state index >= 15 is 0 Å². The molecule has 3 aromatic rings. The molecule has 9 heteroatoms. The van der Waals surface area contributed by atoms with Crippen molar-refractivity contribution in [2.45, 2.75) is 6.42 Å². The van der Waals surface area contributed by atoms with Gasteiger partial charge in [-0.2, -0.15) is 0 Å². The third-order valence-corrected chi connectivity index (χ3v) is 6.87. The molecule has 8 nitrogen and oxygen atoms in total. The average Bonchev–Trinajstić information content (AvgIpc) is 3.43. The van der Waals surface area contributed by atoms with Crippen LogP contribution in [0.4, 0.5) is 16.5 Å². The highest BCUT2D eigenvalue weighted by atomic mass is 32.1. The number of carbonyl (C=O) groups excluding carboxylic acids is 2. The first-order valence-electron chi connectivity index (χ1n) is 10.6. The highest BCUT2D eigenvalue weighted by Gasteiger charge is 2.35. The number of aromatic nitrogens is 1. The molecule has 1 aromatic heterocycles. The van der Waals surface area contributed by atoms with Crippen LogP contribution in [0.25, 0.3) is 10.2 Å². The lowest BCUT2D eigenvalue weighted by Gasteiger charge is -2.25. The Morgan fingerprint density at radius 1 is 1.22 bits per heavy atom. The number of thiazole rings is 1. The number of anilines is 3. The summed E-state index contributed by atoms with van der Waals surface area (Å²) in [4.78, 5) is 34.0. The molecule has 2 aromatic carbocycles. The second-order valence-corrected chi connectivity index (χ2v) is 8.88. The summed E-state index contributed by atoms with van der Waals surface area (Å²) in [6.07, 6.45) is 0.188. The Morgan fingerprint density at radius 3 is 2.88 bits per heavy atom. The van der Waals surface area contributed by atoms with E-state index in [1.807, 2.05) is 42.5 Å². The van der Waals surface area contributed by atoms with Crippen molar-refractivity contribution in [3.05, 3.63) is 42.5 Å². The molecule has 0 radical (unpaired) electrons. The van der Waals surface area contributed by atoms with E-state index in [9.17, 15) is 9.59 Å². The smallest absolute Gasteiger partial charge is 0.229 e. The Bertz CT molecular complexity index is 1160. The zero-order valence-electron chi connectivity index (χ0n) is 17.7. The molecule has 2 saturated heterocycles. The predicted octanol–water partition coefficient (Wildman–Crippen LogP) is 3.13. The molecule has 0 saturated carbocycles. The van der Waals surface area contributed by atoms with Gasteiger partial charge in [0, 0.05) is 43.5 Å². The maximum atomic E-state index is 12.9. The third kappa shape index (κ3) is 4.13. The van der Waals surface area contributed by atoms with Gasteiger partial charge in [-0.25, -0.2) is 4.98 Å². The molecular weight excluding hydrogens is 428 g/mol. The van der Waals surface area contributed by atoms with Crippen LogP contribution in [-0.2, 0) is 14.3 Å². The number of hydrogen-bond acceptors (Lipinski definition) is 7. The van der Waals surface area contributed by atoms with Crippen LogP contribution < -0.4 is 19.9 Å². The molecule has 0 aliphatic carbocycles. The molecule has 32 heavy (non-hydrogen) atoms. The largest absolute Gasteiger partial charge is 0.497 e. The molecule has 0 spiro atoms. The van der Waals surface area contributed by atoms with Crippen molar-refractivity contribution < 1.29 is 19.1 Å². The number of benzene rings is 2. The number of ether oxygens (including phenoxy) is 2. The predicted molar refractivity (Wildman–Crippen MR) is 125 cm³/mol. The number of nitrogens with one attached hydrogen (secondary N) is 1. The molecule has 3 heterocycles. The summed E-state index contributed by atoms with van der Waals surface area (Å²) >= 11 is 1.61. The van der Waals surface area contributed by atoms with Crippen molar-refractivity contribution in [2.75, 3.05) is 55.1 Å². The lowest BCUT2D eigenvalue weighted by molar-refractivity contribution is -0.122. The van der Waals surface area contributed by atoms with Crippen LogP contribution in [0.2, 0.25) is 0 Å². The van der Waals surface area contributed by atoms with Gasteiger partial charge >= 0.3 is 0 Å². The number of amides is 2. The quantitative estimate of drug-likeness (QED) is 0.640. The second-order valence-electron chi connectivity index (χ2n) is 7.87. The highest BCUT2D eigenvalue weighted by molar-refractivity contribution is 7.22. The fourth-order valence-corrected chi connectivity index (χ4v) is 5.09. The summed E-state index contributed by atoms with van der Waals surface area (Å²) in [6, 6.07) is 13.1. The fraction of sp³-hybridized carbons (Fsp3) is 0.348. The van der Waals surface area contributed by atoms with Crippen molar-refractivity contribution in [3.8, 4) is 5.75 Å². The third-order valence-electron chi connectivity index (χ3n) is 5.79. The fourth-order valence-electron chi connectivity index (χ4n) is 4.04. The van der Waals surface area contributed by atoms with Crippen molar-refractivity contribution in [1.29, 1.82) is 0 Å². The minimum atomic E-state index is -0.408. The van der Waals surface area contributed by atoms with Crippen molar-refractivity contribution in [3.63, 3.8) is 0 Å². The van der Waals surface area contributed by atoms with Crippen LogP contribution in [0.15, 0.2) is 42.5 Å². The molecule has 2 aliphatic heterocycles. The molecule has 2 fully saturated rings. The van der Waals surface area contributed by atoms with E-state index in [0.29, 0.717) is 31.2 Å². The normalized spacial score (nSPS) is 18.9. The number of rotatable bonds is 5. The summed E-state index contributed by atoms with van der Waals surface area (Å²) in [5.74, 6) is 0.0553. The van der Waals surface area contributed by atoms with Gasteiger partial charge in [0.15, 0.2) is 5.13 Å². The summed E-state index contributed by atoms with van der Waals surface area (Å²) in [6.45, 7) is 3.45. The first-order chi connectivity index (χ1) is 15.6. The molecule has 2 aliphatic rings. The van der Waals surface area contributed by atoms with E-state index < -0.39 is 5.92 Å². The van der Waals surface area contributed by atoms with Gasteiger partial charge in [0.05, 0.1) is 36.5 Å². The van der Waals surface area contributed by atoms with Crippen LogP contribution in [0, 0.1) is 5.92 Å². The van der Waals surface area contributed by atoms with Gasteiger partial charge in [-0.3, -0.25) is 9.59 Å². The van der Waals surface area contributed by atoms with Gasteiger partial charge in [0.25, 0.3) is 0 Å². The summed E-state index contributed by atoms with van der Waals surface area (Å²) < 4.78 is 11.7. The summed E-state index contributed by atoms with van der Waals surface area (Å²) in [5, 5.41) is 3.96. The maximum absolute atomic E-state index is 12.9. The molecule has 5 rings (SSSR count). The number of nitrogens with zero attached hydrogens (tertiary/aromatic N) is 3. The molecule has 1 unspecified atom stereocenters. The van der Waals surface area contributed by atoms with Gasteiger partial charge in [0.2, 0.25) is 11.8 Å². The molecule has 166 valence electrons. The van der Waals surface area contributed by atoms with Gasteiger partial charge in [-0.1, -0.05) is 17.4 Å². The van der Waals surface area contributed by atoms with Gasteiger partial charge in [0.1, 0.15) is 5.75 Å². The van der Waals surface area contributed by atoms with Crippen LogP contribution >= 0.6 is 11.3 Å². The Hall–Kier alpha value is -3.17. The number of morpholine rings is 1. The zero-order chi connectivity index (χ0) is 22.1. The number of carbonyl (C=O) groups is 2. The standard InChI is InChI=1S/C23H24N4O4S/c1-30-18-4-2-3-17(13-18)27-14-15(11-21(27)28)22(29)24-16-5-6-19-20(12-16)32-23(25-19)26-7-9-31-10-8-26/h2-6,12-13,15H,7-11,14H2,1H3,(H,24,29). The first-order valence-corrected chi connectivity index (χ1v) is 11.4. The van der Waals surface area contributed by atoms with Crippen molar-refractivity contribution in [1.82, 2.24) is 4.98 Å². The highest BCUT2D eigenvalue weighted by Crippen LogP contribution is 2.32. The van der Waals surface area contributed by atoms with Crippen LogP contribution in [-0.4, -0.2) is 56.8 Å². The molecule has 0 bridgehead atoms. The Balaban J connectivity index is 1.27. The number of fused-ring (bicyclic) bond motifs is 1. The first kappa shape index (κ1) is 20.7. The van der Waals surface area contributed by atoms with E-state index in [1.54, 1.807) is 23.3 Å². The molecule has 1 N–H and O–H groups in total. The Kier molecular flexibility index (Phi) is 5.67. The lowest BCUT2D eigenvalue weighted by atomic mass is 10.1. The van der Waals surface area contributed by atoms with Crippen LogP contribution in [0.1, 0.15) is 6.42 Å². The van der Waals surface area contributed by atoms with E-state index in [2.05, 4.69) is 10.2 Å². The molecular formula is C23H24N4O4S. The number of hydrogen-bond donors (Lipinski definition) is 1. The van der Waals surface area contributed by atoms with Gasteiger partial charge in [-0.05, 0) is 30.3 Å². The average molecular weight is 453 g/mol. The minimum Gasteiger partial charge on any atom is -0.497 e. The van der Waals surface area contributed by atoms with Gasteiger partial charge in [-0.15, -0.1) is 0 Å². The summed E-state index contributed by atoms with van der Waals surface area (Å²) in [5.41, 5.74) is 2.37. The minimum absolute atomic E-state index is 0.0635. The van der Waals surface area contributed by atoms with E-state index in [4.69, 9.17) is 14.5 Å². The Labute approximate surface area is 189 Å².